The van der Waals surface area contributed by atoms with Crippen molar-refractivity contribution in [3.05, 3.63) is 41.2 Å². The van der Waals surface area contributed by atoms with Gasteiger partial charge in [-0.3, -0.25) is 4.90 Å². The van der Waals surface area contributed by atoms with Crippen LogP contribution in [0, 0.1) is 6.92 Å². The Morgan fingerprint density at radius 1 is 1.17 bits per heavy atom. The maximum absolute atomic E-state index is 12.8. The molecule has 2 atom stereocenters. The van der Waals surface area contributed by atoms with E-state index in [2.05, 4.69) is 4.18 Å². The van der Waals surface area contributed by atoms with Crippen molar-refractivity contribution in [2.75, 3.05) is 7.05 Å². The Morgan fingerprint density at radius 3 is 2.38 bits per heavy atom. The molecule has 0 spiro atoms. The van der Waals surface area contributed by atoms with E-state index >= 15 is 0 Å². The topological polar surface area (TPSA) is 46.6 Å². The molecule has 2 aliphatic rings. The van der Waals surface area contributed by atoms with Crippen LogP contribution in [0.4, 0.5) is 13.2 Å². The van der Waals surface area contributed by atoms with Gasteiger partial charge in [-0.25, -0.2) is 0 Å². The summed E-state index contributed by atoms with van der Waals surface area (Å²) in [6, 6.07) is 7.01. The number of likely N-dealkylation sites (N-methyl/N-ethyl adjacent to an activating group) is 1. The lowest BCUT2D eigenvalue weighted by Gasteiger charge is -2.34. The van der Waals surface area contributed by atoms with E-state index in [0.29, 0.717) is 24.0 Å². The molecule has 1 aromatic carbocycles. The van der Waals surface area contributed by atoms with E-state index in [9.17, 15) is 21.6 Å². The van der Waals surface area contributed by atoms with Crippen LogP contribution in [0.5, 0.6) is 0 Å². The van der Waals surface area contributed by atoms with Crippen LogP contribution in [-0.4, -0.2) is 38.0 Å². The number of benzene rings is 1. The first kappa shape index (κ1) is 17.3. The number of alkyl halides is 3. The first-order valence-corrected chi connectivity index (χ1v) is 9.04. The molecular formula is C16H18F3NO3S. The van der Waals surface area contributed by atoms with Crippen LogP contribution in [0.1, 0.15) is 30.4 Å². The maximum atomic E-state index is 12.8. The summed E-state index contributed by atoms with van der Waals surface area (Å²) >= 11 is 0. The van der Waals surface area contributed by atoms with Crippen molar-refractivity contribution in [3.8, 4) is 0 Å². The molecule has 0 N–H and O–H groups in total. The molecule has 3 rings (SSSR count). The zero-order valence-electron chi connectivity index (χ0n) is 13.3. The first-order valence-electron chi connectivity index (χ1n) is 7.63. The number of hydrogen-bond donors (Lipinski definition) is 0. The fourth-order valence-corrected chi connectivity index (χ4v) is 3.94. The van der Waals surface area contributed by atoms with E-state index in [1.807, 2.05) is 24.0 Å². The number of aryl methyl sites for hydroxylation is 1. The molecule has 0 aromatic heterocycles. The number of fused-ring (bicyclic) bond motifs is 2. The third-order valence-electron chi connectivity index (χ3n) is 4.76. The Bertz CT molecular complexity index is 769. The predicted molar refractivity (Wildman–Crippen MR) is 83.3 cm³/mol. The van der Waals surface area contributed by atoms with Crippen molar-refractivity contribution >= 4 is 15.7 Å². The Balaban J connectivity index is 2.08. The van der Waals surface area contributed by atoms with Crippen LogP contribution in [0.3, 0.4) is 0 Å². The fraction of sp³-hybridized carbons (Fsp3) is 0.500. The number of nitrogens with zero attached hydrogens (tertiary/aromatic N) is 1. The fourth-order valence-electron chi connectivity index (χ4n) is 3.40. The summed E-state index contributed by atoms with van der Waals surface area (Å²) in [7, 11) is -3.89. The molecule has 0 unspecified atom stereocenters. The largest absolute Gasteiger partial charge is 0.534 e. The summed E-state index contributed by atoms with van der Waals surface area (Å²) in [5.41, 5.74) is -3.17. The van der Waals surface area contributed by atoms with Gasteiger partial charge in [0, 0.05) is 11.6 Å². The molecule has 4 nitrogen and oxygen atoms in total. The van der Waals surface area contributed by atoms with Crippen molar-refractivity contribution in [3.63, 3.8) is 0 Å². The lowest BCUT2D eigenvalue weighted by molar-refractivity contribution is -0.0528. The van der Waals surface area contributed by atoms with Crippen molar-refractivity contribution in [2.45, 2.75) is 43.8 Å². The average molecular weight is 361 g/mol. The molecule has 1 fully saturated rings. The van der Waals surface area contributed by atoms with Crippen LogP contribution in [0.15, 0.2) is 30.0 Å². The lowest BCUT2D eigenvalue weighted by atomic mass is 9.93. The van der Waals surface area contributed by atoms with Gasteiger partial charge in [0.15, 0.2) is 0 Å². The normalized spacial score (nSPS) is 25.2. The maximum Gasteiger partial charge on any atom is 0.534 e. The van der Waals surface area contributed by atoms with E-state index in [4.69, 9.17) is 0 Å². The van der Waals surface area contributed by atoms with Gasteiger partial charge in [-0.05, 0) is 38.8 Å². The molecule has 24 heavy (non-hydrogen) atoms. The monoisotopic (exact) mass is 361 g/mol. The SMILES string of the molecule is Cc1ccc(C2=C(OS(=O)(=O)C(F)(F)F)[C@H]3CC[C@@H](C2)N3C)cc1. The minimum atomic E-state index is -5.68. The van der Waals surface area contributed by atoms with Gasteiger partial charge in [0.2, 0.25) is 0 Å². The van der Waals surface area contributed by atoms with Gasteiger partial charge < -0.3 is 4.18 Å². The highest BCUT2D eigenvalue weighted by Gasteiger charge is 2.51. The molecule has 2 aliphatic heterocycles. The molecule has 1 saturated heterocycles. The number of rotatable bonds is 3. The summed E-state index contributed by atoms with van der Waals surface area (Å²) < 4.78 is 66.0. The molecule has 0 saturated carbocycles. The minimum Gasteiger partial charge on any atom is -0.379 e. The highest BCUT2D eigenvalue weighted by molar-refractivity contribution is 7.87. The second-order valence-corrected chi connectivity index (χ2v) is 7.85. The van der Waals surface area contributed by atoms with Crippen molar-refractivity contribution in [2.24, 2.45) is 0 Å². The van der Waals surface area contributed by atoms with Gasteiger partial charge in [0.25, 0.3) is 0 Å². The van der Waals surface area contributed by atoms with Gasteiger partial charge in [-0.2, -0.15) is 21.6 Å². The smallest absolute Gasteiger partial charge is 0.379 e. The highest BCUT2D eigenvalue weighted by Crippen LogP contribution is 2.44. The first-order chi connectivity index (χ1) is 11.1. The zero-order chi connectivity index (χ0) is 17.7. The summed E-state index contributed by atoms with van der Waals surface area (Å²) in [5, 5.41) is 0. The molecule has 1 aromatic rings. The molecule has 8 heteroatoms. The molecule has 0 aliphatic carbocycles. The molecule has 0 radical (unpaired) electrons. The summed E-state index contributed by atoms with van der Waals surface area (Å²) in [4.78, 5) is 1.90. The van der Waals surface area contributed by atoms with Crippen molar-refractivity contribution in [1.82, 2.24) is 4.90 Å². The van der Waals surface area contributed by atoms with Gasteiger partial charge >= 0.3 is 15.6 Å². The van der Waals surface area contributed by atoms with Crippen LogP contribution in [0.25, 0.3) is 5.57 Å². The molecule has 2 heterocycles. The van der Waals surface area contributed by atoms with Crippen LogP contribution >= 0.6 is 0 Å². The molecular weight excluding hydrogens is 343 g/mol. The minimum absolute atomic E-state index is 0.0903. The van der Waals surface area contributed by atoms with Crippen molar-refractivity contribution in [1.29, 1.82) is 0 Å². The average Bonchev–Trinajstić information content (AvgIpc) is 2.72. The standard InChI is InChI=1S/C16H18F3NO3S/c1-10-3-5-11(6-4-10)13-9-12-7-8-14(20(12)2)15(13)23-24(21,22)16(17,18)19/h3-6,12,14H,7-9H2,1-2H3/t12-,14+/m0/s1. The molecule has 132 valence electrons. The van der Waals surface area contributed by atoms with Crippen LogP contribution < -0.4 is 0 Å². The Morgan fingerprint density at radius 2 is 1.79 bits per heavy atom. The number of halogens is 3. The van der Waals surface area contributed by atoms with Crippen LogP contribution in [-0.2, 0) is 14.3 Å². The molecule has 2 bridgehead atoms. The van der Waals surface area contributed by atoms with E-state index in [0.717, 1.165) is 12.0 Å². The predicted octanol–water partition coefficient (Wildman–Crippen LogP) is 3.44. The summed E-state index contributed by atoms with van der Waals surface area (Å²) in [6.07, 6.45) is 1.85. The van der Waals surface area contributed by atoms with Gasteiger partial charge in [0.05, 0.1) is 6.04 Å². The van der Waals surface area contributed by atoms with Gasteiger partial charge in [-0.15, -0.1) is 0 Å². The Kier molecular flexibility index (Phi) is 4.16. The third-order valence-corrected chi connectivity index (χ3v) is 5.73. The second-order valence-electron chi connectivity index (χ2n) is 6.31. The third kappa shape index (κ3) is 2.93. The summed E-state index contributed by atoms with van der Waals surface area (Å²) in [6.45, 7) is 1.90. The molecule has 0 amide bonds. The van der Waals surface area contributed by atoms with Crippen molar-refractivity contribution < 1.29 is 25.8 Å². The van der Waals surface area contributed by atoms with Crippen LogP contribution in [0.2, 0.25) is 0 Å². The van der Waals surface area contributed by atoms with E-state index < -0.39 is 21.7 Å². The van der Waals surface area contributed by atoms with E-state index in [1.54, 1.807) is 19.2 Å². The second kappa shape index (κ2) is 5.77. The highest BCUT2D eigenvalue weighted by atomic mass is 32.2. The zero-order valence-corrected chi connectivity index (χ0v) is 14.1. The summed E-state index contributed by atoms with van der Waals surface area (Å²) in [5.74, 6) is -0.0903. The van der Waals surface area contributed by atoms with E-state index in [-0.39, 0.29) is 11.8 Å². The Hall–Kier alpha value is -1.54. The lowest BCUT2D eigenvalue weighted by Crippen LogP contribution is -2.40. The van der Waals surface area contributed by atoms with Gasteiger partial charge in [0.1, 0.15) is 5.76 Å². The quantitative estimate of drug-likeness (QED) is 0.611. The Labute approximate surface area is 139 Å². The number of hydrogen-bond acceptors (Lipinski definition) is 4. The van der Waals surface area contributed by atoms with E-state index in [1.165, 1.54) is 0 Å². The van der Waals surface area contributed by atoms with Gasteiger partial charge in [-0.1, -0.05) is 29.8 Å².